The highest BCUT2D eigenvalue weighted by atomic mass is 32.2. The Morgan fingerprint density at radius 2 is 1.94 bits per heavy atom. The van der Waals surface area contributed by atoms with Crippen molar-refractivity contribution >= 4 is 32.5 Å². The van der Waals surface area contributed by atoms with Crippen molar-refractivity contribution in [2.45, 2.75) is 24.1 Å². The van der Waals surface area contributed by atoms with E-state index in [0.29, 0.717) is 35.1 Å². The van der Waals surface area contributed by atoms with Crippen LogP contribution < -0.4 is 16.2 Å². The zero-order valence-electron chi connectivity index (χ0n) is 18.3. The summed E-state index contributed by atoms with van der Waals surface area (Å²) in [4.78, 5) is 30.0. The number of aryl methyl sites for hydroxylation is 1. The number of amides is 1. The molecule has 0 aliphatic heterocycles. The third-order valence-electron chi connectivity index (χ3n) is 6.08. The number of sulfone groups is 1. The molecule has 9 nitrogen and oxygen atoms in total. The largest absolute Gasteiger partial charge is 0.367 e. The lowest BCUT2D eigenvalue weighted by Crippen LogP contribution is -2.33. The molecule has 1 aromatic carbocycles. The number of hydrogen-bond donors (Lipinski definition) is 2. The maximum Gasteiger partial charge on any atom is 0.263 e. The Morgan fingerprint density at radius 1 is 1.24 bits per heavy atom. The summed E-state index contributed by atoms with van der Waals surface area (Å²) in [5.41, 5.74) is 1.33. The Bertz CT molecular complexity index is 1450. The van der Waals surface area contributed by atoms with Crippen LogP contribution in [0.3, 0.4) is 0 Å². The molecular formula is C23H23N5O4S. The molecule has 1 saturated carbocycles. The Balaban J connectivity index is 1.58. The molecule has 2 N–H and O–H groups in total. The van der Waals surface area contributed by atoms with Crippen LogP contribution >= 0.6 is 0 Å². The minimum Gasteiger partial charge on any atom is -0.367 e. The van der Waals surface area contributed by atoms with E-state index in [0.717, 1.165) is 5.56 Å². The van der Waals surface area contributed by atoms with E-state index in [9.17, 15) is 18.0 Å². The van der Waals surface area contributed by atoms with E-state index in [1.807, 2.05) is 6.07 Å². The molecule has 4 rings (SSSR count). The topological polar surface area (TPSA) is 134 Å². The third kappa shape index (κ3) is 4.32. The molecule has 3 aromatic rings. The Hall–Kier alpha value is -3.71. The molecule has 2 heterocycles. The van der Waals surface area contributed by atoms with Gasteiger partial charge in [0, 0.05) is 38.0 Å². The molecule has 33 heavy (non-hydrogen) atoms. The first kappa shape index (κ1) is 22.5. The highest BCUT2D eigenvalue weighted by Gasteiger charge is 2.51. The summed E-state index contributed by atoms with van der Waals surface area (Å²) < 4.78 is 24.7. The molecule has 0 saturated heterocycles. The van der Waals surface area contributed by atoms with Gasteiger partial charge in [0.15, 0.2) is 15.7 Å². The number of carbonyl (C=O) groups excluding carboxylic acids is 1. The lowest BCUT2D eigenvalue weighted by molar-refractivity contribution is 0.0949. The van der Waals surface area contributed by atoms with Crippen molar-refractivity contribution < 1.29 is 13.2 Å². The van der Waals surface area contributed by atoms with Crippen LogP contribution in [0.5, 0.6) is 0 Å². The van der Waals surface area contributed by atoms with Crippen molar-refractivity contribution in [2.24, 2.45) is 7.05 Å². The Kier molecular flexibility index (Phi) is 5.68. The van der Waals surface area contributed by atoms with E-state index < -0.39 is 26.1 Å². The van der Waals surface area contributed by atoms with E-state index in [4.69, 9.17) is 5.26 Å². The number of hydrogen-bond acceptors (Lipinski definition) is 7. The summed E-state index contributed by atoms with van der Waals surface area (Å²) in [5.74, 6) is -0.117. The summed E-state index contributed by atoms with van der Waals surface area (Å²) in [6.07, 6.45) is 3.96. The standard InChI is InChI=1S/C23H23N5O4S/c1-28-19-17(7-10-25-20(19)27-14-23(8-9-23)33(2,31)32)11-18(22(28)30)21(29)26-13-16-5-3-15(12-24)4-6-16/h3-7,10-11H,8-9,13-14H2,1-2H3,(H,25,27)(H,26,29). The average Bonchev–Trinajstić information content (AvgIpc) is 3.60. The molecule has 1 amide bonds. The predicted octanol–water partition coefficient (Wildman–Crippen LogP) is 1.72. The SMILES string of the molecule is Cn1c(=O)c(C(=O)NCc2ccc(C#N)cc2)cc2ccnc(NCC3(S(C)(=O)=O)CC3)c21. The molecule has 0 atom stereocenters. The number of anilines is 1. The fourth-order valence-electron chi connectivity index (χ4n) is 3.77. The second kappa shape index (κ2) is 8.33. The van der Waals surface area contributed by atoms with Gasteiger partial charge in [-0.1, -0.05) is 12.1 Å². The van der Waals surface area contributed by atoms with E-state index in [-0.39, 0.29) is 18.7 Å². The lowest BCUT2D eigenvalue weighted by atomic mass is 10.1. The summed E-state index contributed by atoms with van der Waals surface area (Å²) >= 11 is 0. The fourth-order valence-corrected chi connectivity index (χ4v) is 4.94. The highest BCUT2D eigenvalue weighted by molar-refractivity contribution is 7.92. The first-order valence-corrected chi connectivity index (χ1v) is 12.2. The van der Waals surface area contributed by atoms with Crippen molar-refractivity contribution in [3.8, 4) is 6.07 Å². The second-order valence-corrected chi connectivity index (χ2v) is 10.7. The smallest absolute Gasteiger partial charge is 0.263 e. The van der Waals surface area contributed by atoms with E-state index in [1.165, 1.54) is 16.9 Å². The summed E-state index contributed by atoms with van der Waals surface area (Å²) in [5, 5.41) is 15.3. The minimum atomic E-state index is -3.21. The summed E-state index contributed by atoms with van der Waals surface area (Å²) in [6.45, 7) is 0.418. The number of fused-ring (bicyclic) bond motifs is 1. The molecule has 1 aliphatic carbocycles. The summed E-state index contributed by atoms with van der Waals surface area (Å²) in [6, 6.07) is 12.0. The van der Waals surface area contributed by atoms with Crippen molar-refractivity contribution in [1.82, 2.24) is 14.9 Å². The minimum absolute atomic E-state index is 0.00871. The fraction of sp³-hybridized carbons (Fsp3) is 0.304. The maximum absolute atomic E-state index is 13.0. The Morgan fingerprint density at radius 3 is 2.55 bits per heavy atom. The zero-order valence-corrected chi connectivity index (χ0v) is 19.1. The number of benzene rings is 1. The van der Waals surface area contributed by atoms with Crippen LogP contribution in [0.2, 0.25) is 0 Å². The lowest BCUT2D eigenvalue weighted by Gasteiger charge is -2.17. The molecule has 0 unspecified atom stereocenters. The van der Waals surface area contributed by atoms with E-state index >= 15 is 0 Å². The molecule has 0 radical (unpaired) electrons. The van der Waals surface area contributed by atoms with Gasteiger partial charge in [-0.15, -0.1) is 0 Å². The normalized spacial score (nSPS) is 14.5. The van der Waals surface area contributed by atoms with Crippen LogP contribution in [0.1, 0.15) is 34.3 Å². The van der Waals surface area contributed by atoms with E-state index in [1.54, 1.807) is 43.6 Å². The monoisotopic (exact) mass is 465 g/mol. The number of nitrogens with one attached hydrogen (secondary N) is 2. The molecule has 1 aliphatic rings. The van der Waals surface area contributed by atoms with Gasteiger partial charge in [0.05, 0.1) is 21.9 Å². The summed E-state index contributed by atoms with van der Waals surface area (Å²) in [7, 11) is -1.66. The number of carbonyl (C=O) groups is 1. The van der Waals surface area contributed by atoms with Gasteiger partial charge in [0.2, 0.25) is 0 Å². The van der Waals surface area contributed by atoms with Gasteiger partial charge in [0.25, 0.3) is 11.5 Å². The maximum atomic E-state index is 13.0. The molecule has 0 bridgehead atoms. The van der Waals surface area contributed by atoms with Crippen LogP contribution in [-0.2, 0) is 23.4 Å². The van der Waals surface area contributed by atoms with Crippen molar-refractivity contribution in [3.63, 3.8) is 0 Å². The van der Waals surface area contributed by atoms with Crippen LogP contribution in [0.25, 0.3) is 10.9 Å². The van der Waals surface area contributed by atoms with Gasteiger partial charge < -0.3 is 15.2 Å². The highest BCUT2D eigenvalue weighted by Crippen LogP contribution is 2.43. The van der Waals surface area contributed by atoms with Gasteiger partial charge in [-0.2, -0.15) is 5.26 Å². The molecule has 1 fully saturated rings. The van der Waals surface area contributed by atoms with Crippen LogP contribution in [0, 0.1) is 11.3 Å². The molecule has 0 spiro atoms. The first-order valence-electron chi connectivity index (χ1n) is 10.3. The van der Waals surface area contributed by atoms with Crippen molar-refractivity contribution in [1.29, 1.82) is 5.26 Å². The zero-order chi connectivity index (χ0) is 23.8. The first-order chi connectivity index (χ1) is 15.6. The predicted molar refractivity (Wildman–Crippen MR) is 125 cm³/mol. The average molecular weight is 466 g/mol. The number of nitriles is 1. The van der Waals surface area contributed by atoms with Gasteiger partial charge in [0.1, 0.15) is 5.56 Å². The van der Waals surface area contributed by atoms with Crippen LogP contribution in [0.4, 0.5) is 5.82 Å². The van der Waals surface area contributed by atoms with Crippen molar-refractivity contribution in [2.75, 3.05) is 18.1 Å². The molecular weight excluding hydrogens is 442 g/mol. The quantitative estimate of drug-likeness (QED) is 0.543. The van der Waals surface area contributed by atoms with Gasteiger partial charge >= 0.3 is 0 Å². The van der Waals surface area contributed by atoms with Crippen LogP contribution in [-0.4, -0.2) is 41.4 Å². The van der Waals surface area contributed by atoms with Crippen molar-refractivity contribution in [3.05, 3.63) is 69.6 Å². The third-order valence-corrected chi connectivity index (χ3v) is 8.20. The number of pyridine rings is 2. The van der Waals surface area contributed by atoms with Gasteiger partial charge in [-0.3, -0.25) is 9.59 Å². The molecule has 2 aromatic heterocycles. The number of nitrogens with zero attached hydrogens (tertiary/aromatic N) is 3. The number of aromatic nitrogens is 2. The van der Waals surface area contributed by atoms with E-state index in [2.05, 4.69) is 15.6 Å². The van der Waals surface area contributed by atoms with Crippen LogP contribution in [0.15, 0.2) is 47.4 Å². The molecule has 10 heteroatoms. The number of rotatable bonds is 7. The van der Waals surface area contributed by atoms with Gasteiger partial charge in [-0.05, 0) is 42.7 Å². The molecule has 170 valence electrons. The second-order valence-electron chi connectivity index (χ2n) is 8.32. The Labute approximate surface area is 191 Å². The van der Waals surface area contributed by atoms with Gasteiger partial charge in [-0.25, -0.2) is 13.4 Å².